The Hall–Kier alpha value is -1.92. The Labute approximate surface area is 144 Å². The second-order valence-electron chi connectivity index (χ2n) is 5.23. The van der Waals surface area contributed by atoms with Crippen molar-refractivity contribution in [2.24, 2.45) is 0 Å². The number of amides is 1. The maximum absolute atomic E-state index is 13.9. The van der Waals surface area contributed by atoms with Gasteiger partial charge < -0.3 is 10.6 Å². The predicted octanol–water partition coefficient (Wildman–Crippen LogP) is 3.52. The number of nitrogens with one attached hydrogen (secondary N) is 2. The zero-order chi connectivity index (χ0) is 17.4. The van der Waals surface area contributed by atoms with Gasteiger partial charge in [-0.3, -0.25) is 4.79 Å². The number of halogens is 2. The molecule has 0 aromatic heterocycles. The van der Waals surface area contributed by atoms with Gasteiger partial charge in [-0.1, -0.05) is 30.3 Å². The molecule has 1 atom stereocenters. The molecule has 128 valence electrons. The molecule has 0 fully saturated rings. The van der Waals surface area contributed by atoms with E-state index in [-0.39, 0.29) is 10.8 Å². The molecule has 6 heteroatoms. The number of hydrogen-bond acceptors (Lipinski definition) is 3. The van der Waals surface area contributed by atoms with Crippen molar-refractivity contribution in [1.82, 2.24) is 10.6 Å². The predicted molar refractivity (Wildman–Crippen MR) is 93.0 cm³/mol. The molecule has 0 saturated heterocycles. The first-order valence-corrected chi connectivity index (χ1v) is 8.58. The highest BCUT2D eigenvalue weighted by molar-refractivity contribution is 8.00. The molecule has 2 N–H and O–H groups in total. The molecule has 3 nitrogen and oxygen atoms in total. The minimum Gasteiger partial charge on any atom is -0.355 e. The first kappa shape index (κ1) is 18.4. The highest BCUT2D eigenvalue weighted by Crippen LogP contribution is 2.37. The van der Waals surface area contributed by atoms with E-state index in [1.54, 1.807) is 0 Å². The maximum Gasteiger partial charge on any atom is 0.237 e. The van der Waals surface area contributed by atoms with E-state index in [9.17, 15) is 13.6 Å². The summed E-state index contributed by atoms with van der Waals surface area (Å²) in [4.78, 5) is 12.7. The number of carbonyl (C=O) groups is 1. The molecule has 0 aliphatic carbocycles. The standard InChI is InChI=1S/C18H20F2N2OS/c1-21-10-5-11-22-18(23)17(13-6-3-2-4-7-13)24-16-12-14(19)8-9-15(16)20/h2-4,6-9,12,17,21H,5,10-11H2,1H3,(H,22,23). The summed E-state index contributed by atoms with van der Waals surface area (Å²) in [6.07, 6.45) is 0.794. The summed E-state index contributed by atoms with van der Waals surface area (Å²) < 4.78 is 27.3. The lowest BCUT2D eigenvalue weighted by Crippen LogP contribution is -2.30. The number of hydrogen-bond donors (Lipinski definition) is 2. The summed E-state index contributed by atoms with van der Waals surface area (Å²) in [6, 6.07) is 12.4. The van der Waals surface area contributed by atoms with E-state index in [0.29, 0.717) is 6.54 Å². The molecule has 24 heavy (non-hydrogen) atoms. The van der Waals surface area contributed by atoms with Gasteiger partial charge in [0.05, 0.1) is 0 Å². The van der Waals surface area contributed by atoms with Crippen molar-refractivity contribution in [1.29, 1.82) is 0 Å². The lowest BCUT2D eigenvalue weighted by Gasteiger charge is -2.17. The first-order valence-electron chi connectivity index (χ1n) is 7.71. The Morgan fingerprint density at radius 2 is 1.88 bits per heavy atom. The Balaban J connectivity index is 2.17. The van der Waals surface area contributed by atoms with Crippen LogP contribution in [0.25, 0.3) is 0 Å². The second-order valence-corrected chi connectivity index (χ2v) is 6.38. The smallest absolute Gasteiger partial charge is 0.237 e. The van der Waals surface area contributed by atoms with Crippen LogP contribution in [0.5, 0.6) is 0 Å². The van der Waals surface area contributed by atoms with E-state index in [2.05, 4.69) is 10.6 Å². The molecule has 2 aromatic carbocycles. The van der Waals surface area contributed by atoms with Crippen LogP contribution in [-0.4, -0.2) is 26.0 Å². The summed E-state index contributed by atoms with van der Waals surface area (Å²) in [6.45, 7) is 1.32. The molecule has 0 aliphatic rings. The van der Waals surface area contributed by atoms with Crippen LogP contribution in [0, 0.1) is 11.6 Å². The molecule has 2 aromatic rings. The normalized spacial score (nSPS) is 12.0. The van der Waals surface area contributed by atoms with Crippen molar-refractivity contribution in [3.05, 3.63) is 65.7 Å². The number of rotatable bonds is 8. The number of carbonyl (C=O) groups excluding carboxylic acids is 1. The van der Waals surface area contributed by atoms with Gasteiger partial charge in [0.15, 0.2) is 0 Å². The first-order chi connectivity index (χ1) is 11.6. The van der Waals surface area contributed by atoms with Gasteiger partial charge in [-0.15, -0.1) is 11.8 Å². The van der Waals surface area contributed by atoms with Crippen molar-refractivity contribution in [3.8, 4) is 0 Å². The van der Waals surface area contributed by atoms with Crippen LogP contribution in [0.2, 0.25) is 0 Å². The van der Waals surface area contributed by atoms with Crippen molar-refractivity contribution < 1.29 is 13.6 Å². The zero-order valence-corrected chi connectivity index (χ0v) is 14.2. The third-order valence-electron chi connectivity index (χ3n) is 3.38. The van der Waals surface area contributed by atoms with Gasteiger partial charge in [-0.25, -0.2) is 8.78 Å². The van der Waals surface area contributed by atoms with E-state index in [1.807, 2.05) is 37.4 Å². The zero-order valence-electron chi connectivity index (χ0n) is 13.4. The molecular formula is C18H20F2N2OS. The summed E-state index contributed by atoms with van der Waals surface area (Å²) in [5, 5.41) is 5.22. The summed E-state index contributed by atoms with van der Waals surface area (Å²) in [5.41, 5.74) is 0.747. The van der Waals surface area contributed by atoms with Gasteiger partial charge in [0, 0.05) is 11.4 Å². The van der Waals surface area contributed by atoms with Crippen molar-refractivity contribution in [2.75, 3.05) is 20.1 Å². The van der Waals surface area contributed by atoms with Crippen molar-refractivity contribution in [2.45, 2.75) is 16.6 Å². The fourth-order valence-electron chi connectivity index (χ4n) is 2.16. The lowest BCUT2D eigenvalue weighted by molar-refractivity contribution is -0.120. The molecule has 0 heterocycles. The minimum atomic E-state index is -0.642. The Morgan fingerprint density at radius 3 is 2.58 bits per heavy atom. The van der Waals surface area contributed by atoms with Crippen LogP contribution >= 0.6 is 11.8 Å². The maximum atomic E-state index is 13.9. The van der Waals surface area contributed by atoms with Gasteiger partial charge in [-0.05, 0) is 43.8 Å². The Bertz CT molecular complexity index is 667. The lowest BCUT2D eigenvalue weighted by atomic mass is 10.1. The van der Waals surface area contributed by atoms with E-state index in [0.717, 1.165) is 48.5 Å². The molecule has 0 radical (unpaired) electrons. The molecule has 1 amide bonds. The number of thioether (sulfide) groups is 1. The summed E-state index contributed by atoms with van der Waals surface area (Å²) in [5.74, 6) is -1.28. The van der Waals surface area contributed by atoms with Crippen LogP contribution in [0.3, 0.4) is 0 Å². The molecule has 0 saturated carbocycles. The summed E-state index contributed by atoms with van der Waals surface area (Å²) >= 11 is 1.01. The van der Waals surface area contributed by atoms with Crippen LogP contribution in [0.15, 0.2) is 53.4 Å². The molecule has 0 aliphatic heterocycles. The van der Waals surface area contributed by atoms with Gasteiger partial charge in [0.1, 0.15) is 16.9 Å². The van der Waals surface area contributed by atoms with Gasteiger partial charge >= 0.3 is 0 Å². The molecule has 2 rings (SSSR count). The van der Waals surface area contributed by atoms with Crippen LogP contribution in [-0.2, 0) is 4.79 Å². The van der Waals surface area contributed by atoms with Crippen molar-refractivity contribution in [3.63, 3.8) is 0 Å². The average Bonchev–Trinajstić information content (AvgIpc) is 2.60. The molecule has 0 bridgehead atoms. The highest BCUT2D eigenvalue weighted by atomic mass is 32.2. The second kappa shape index (κ2) is 9.39. The molecule has 0 spiro atoms. The monoisotopic (exact) mass is 350 g/mol. The van der Waals surface area contributed by atoms with E-state index in [1.165, 1.54) is 0 Å². The van der Waals surface area contributed by atoms with Gasteiger partial charge in [-0.2, -0.15) is 0 Å². The Morgan fingerprint density at radius 1 is 1.12 bits per heavy atom. The van der Waals surface area contributed by atoms with Gasteiger partial charge in [0.2, 0.25) is 5.91 Å². The topological polar surface area (TPSA) is 41.1 Å². The van der Waals surface area contributed by atoms with E-state index < -0.39 is 16.9 Å². The van der Waals surface area contributed by atoms with Crippen LogP contribution in [0.1, 0.15) is 17.2 Å². The van der Waals surface area contributed by atoms with Crippen LogP contribution in [0.4, 0.5) is 8.78 Å². The average molecular weight is 350 g/mol. The molecule has 1 unspecified atom stereocenters. The van der Waals surface area contributed by atoms with E-state index >= 15 is 0 Å². The van der Waals surface area contributed by atoms with Crippen LogP contribution < -0.4 is 10.6 Å². The van der Waals surface area contributed by atoms with E-state index in [4.69, 9.17) is 0 Å². The Kier molecular flexibility index (Phi) is 7.21. The van der Waals surface area contributed by atoms with Crippen molar-refractivity contribution >= 4 is 17.7 Å². The highest BCUT2D eigenvalue weighted by Gasteiger charge is 2.23. The molecular weight excluding hydrogens is 330 g/mol. The quantitative estimate of drug-likeness (QED) is 0.565. The third kappa shape index (κ3) is 5.32. The number of benzene rings is 2. The largest absolute Gasteiger partial charge is 0.355 e. The summed E-state index contributed by atoms with van der Waals surface area (Å²) in [7, 11) is 1.84. The minimum absolute atomic E-state index is 0.120. The fraction of sp³-hybridized carbons (Fsp3) is 0.278. The van der Waals surface area contributed by atoms with Gasteiger partial charge in [0.25, 0.3) is 0 Å². The fourth-order valence-corrected chi connectivity index (χ4v) is 3.26. The third-order valence-corrected chi connectivity index (χ3v) is 4.67. The SMILES string of the molecule is CNCCCNC(=O)C(Sc1cc(F)ccc1F)c1ccccc1.